The number of ether oxygens (including phenoxy) is 1. The largest absolute Gasteiger partial charge is 0.481 e. The zero-order chi connectivity index (χ0) is 16.0. The van der Waals surface area contributed by atoms with Crippen molar-refractivity contribution in [2.75, 3.05) is 13.7 Å². The van der Waals surface area contributed by atoms with Crippen LogP contribution < -0.4 is 4.72 Å². The van der Waals surface area contributed by atoms with Gasteiger partial charge in [0.15, 0.2) is 5.03 Å². The molecule has 1 aromatic heterocycles. The van der Waals surface area contributed by atoms with Crippen molar-refractivity contribution in [1.29, 1.82) is 0 Å². The van der Waals surface area contributed by atoms with E-state index in [0.29, 0.717) is 12.4 Å². The van der Waals surface area contributed by atoms with Gasteiger partial charge in [-0.1, -0.05) is 6.92 Å². The minimum absolute atomic E-state index is 0.0707. The van der Waals surface area contributed by atoms with Gasteiger partial charge in [-0.25, -0.2) is 18.1 Å². The number of carboxylic acid groups (broad SMARTS) is 1. The number of aryl methyl sites for hydroxylation is 2. The quantitative estimate of drug-likeness (QED) is 0.680. The molecule has 8 nitrogen and oxygen atoms in total. The van der Waals surface area contributed by atoms with Crippen LogP contribution in [0.2, 0.25) is 0 Å². The smallest absolute Gasteiger partial charge is 0.306 e. The predicted molar refractivity (Wildman–Crippen MR) is 75.5 cm³/mol. The van der Waals surface area contributed by atoms with Gasteiger partial charge in [0.05, 0.1) is 12.5 Å². The number of methoxy groups -OCH3 is 1. The van der Waals surface area contributed by atoms with Crippen LogP contribution in [0.1, 0.15) is 25.6 Å². The van der Waals surface area contributed by atoms with Crippen LogP contribution in [0, 0.1) is 6.92 Å². The highest BCUT2D eigenvalue weighted by Crippen LogP contribution is 2.10. The minimum atomic E-state index is -3.78. The van der Waals surface area contributed by atoms with E-state index in [4.69, 9.17) is 9.84 Å². The average Bonchev–Trinajstić information content (AvgIpc) is 2.77. The van der Waals surface area contributed by atoms with E-state index in [0.717, 1.165) is 6.42 Å². The molecule has 1 atom stereocenters. The number of nitrogens with one attached hydrogen (secondary N) is 1. The summed E-state index contributed by atoms with van der Waals surface area (Å²) in [6.45, 7) is 4.29. The third kappa shape index (κ3) is 5.10. The predicted octanol–water partition coefficient (Wildman–Crippen LogP) is 0.370. The Balaban J connectivity index is 2.77. The van der Waals surface area contributed by atoms with Gasteiger partial charge < -0.3 is 14.4 Å². The second-order valence-corrected chi connectivity index (χ2v) is 6.34. The molecule has 120 valence electrons. The lowest BCUT2D eigenvalue weighted by Crippen LogP contribution is -2.34. The fourth-order valence-electron chi connectivity index (χ4n) is 1.79. The molecule has 0 aliphatic heterocycles. The number of aromatic nitrogens is 2. The lowest BCUT2D eigenvalue weighted by atomic mass is 10.2. The molecule has 0 aliphatic rings. The summed E-state index contributed by atoms with van der Waals surface area (Å²) >= 11 is 0. The number of sulfonamides is 1. The number of imidazole rings is 1. The summed E-state index contributed by atoms with van der Waals surface area (Å²) in [5.41, 5.74) is 0. The van der Waals surface area contributed by atoms with Gasteiger partial charge in [0.25, 0.3) is 10.0 Å². The summed E-state index contributed by atoms with van der Waals surface area (Å²) in [6.07, 6.45) is 1.34. The first-order valence-corrected chi connectivity index (χ1v) is 8.06. The van der Waals surface area contributed by atoms with E-state index in [1.807, 2.05) is 6.92 Å². The van der Waals surface area contributed by atoms with Crippen LogP contribution in [0.5, 0.6) is 0 Å². The monoisotopic (exact) mass is 319 g/mol. The van der Waals surface area contributed by atoms with Crippen LogP contribution in [0.15, 0.2) is 11.2 Å². The summed E-state index contributed by atoms with van der Waals surface area (Å²) in [4.78, 5) is 14.6. The maximum absolute atomic E-state index is 12.1. The summed E-state index contributed by atoms with van der Waals surface area (Å²) in [5.74, 6) is -0.435. The number of hydrogen-bond acceptors (Lipinski definition) is 5. The van der Waals surface area contributed by atoms with Crippen molar-refractivity contribution < 1.29 is 23.1 Å². The minimum Gasteiger partial charge on any atom is -0.481 e. The Hall–Kier alpha value is -1.45. The lowest BCUT2D eigenvalue weighted by Gasteiger charge is -2.13. The van der Waals surface area contributed by atoms with Crippen LogP contribution in [0.4, 0.5) is 0 Å². The van der Waals surface area contributed by atoms with Crippen LogP contribution in [-0.4, -0.2) is 48.8 Å². The molecule has 9 heteroatoms. The molecule has 1 unspecified atom stereocenters. The molecule has 0 radical (unpaired) electrons. The number of nitrogens with zero attached hydrogens (tertiary/aromatic N) is 2. The Bertz CT molecular complexity index is 582. The molecule has 2 N–H and O–H groups in total. The van der Waals surface area contributed by atoms with E-state index >= 15 is 0 Å². The molecule has 0 saturated heterocycles. The van der Waals surface area contributed by atoms with Crippen molar-refractivity contribution >= 4 is 16.0 Å². The van der Waals surface area contributed by atoms with Gasteiger partial charge >= 0.3 is 5.97 Å². The Morgan fingerprint density at radius 3 is 2.76 bits per heavy atom. The van der Waals surface area contributed by atoms with Gasteiger partial charge in [0.2, 0.25) is 0 Å². The Morgan fingerprint density at radius 2 is 2.24 bits per heavy atom. The van der Waals surface area contributed by atoms with Gasteiger partial charge in [-0.2, -0.15) is 0 Å². The molecule has 0 amide bonds. The normalized spacial score (nSPS) is 13.3. The van der Waals surface area contributed by atoms with E-state index in [9.17, 15) is 13.2 Å². The molecule has 0 fully saturated rings. The molecule has 21 heavy (non-hydrogen) atoms. The SMILES string of the molecule is CCCn1cc(S(=O)(=O)NCC(CC(=O)O)OC)nc1C. The molecule has 0 spiro atoms. The first kappa shape index (κ1) is 17.6. The number of rotatable bonds is 9. The topological polar surface area (TPSA) is 111 Å². The Kier molecular flexibility index (Phi) is 6.31. The molecule has 0 aromatic carbocycles. The fraction of sp³-hybridized carbons (Fsp3) is 0.667. The van der Waals surface area contributed by atoms with Gasteiger partial charge in [0.1, 0.15) is 5.82 Å². The van der Waals surface area contributed by atoms with Crippen molar-refractivity contribution in [2.24, 2.45) is 0 Å². The summed E-state index contributed by atoms with van der Waals surface area (Å²) in [6, 6.07) is 0. The van der Waals surface area contributed by atoms with Crippen LogP contribution in [0.25, 0.3) is 0 Å². The van der Waals surface area contributed by atoms with Crippen LogP contribution >= 0.6 is 0 Å². The first-order valence-electron chi connectivity index (χ1n) is 6.58. The van der Waals surface area contributed by atoms with E-state index in [1.54, 1.807) is 11.5 Å². The maximum atomic E-state index is 12.1. The molecular formula is C12H21N3O5S. The van der Waals surface area contributed by atoms with E-state index in [2.05, 4.69) is 9.71 Å². The van der Waals surface area contributed by atoms with Gasteiger partial charge in [-0.15, -0.1) is 0 Å². The van der Waals surface area contributed by atoms with Crippen LogP contribution in [-0.2, 0) is 26.1 Å². The highest BCUT2D eigenvalue weighted by molar-refractivity contribution is 7.89. The fourth-order valence-corrected chi connectivity index (χ4v) is 2.86. The van der Waals surface area contributed by atoms with Crippen molar-refractivity contribution in [3.05, 3.63) is 12.0 Å². The second-order valence-electron chi connectivity index (χ2n) is 4.63. The molecule has 1 rings (SSSR count). The second kappa shape index (κ2) is 7.53. The van der Waals surface area contributed by atoms with E-state index < -0.39 is 22.1 Å². The van der Waals surface area contributed by atoms with E-state index in [1.165, 1.54) is 13.3 Å². The Morgan fingerprint density at radius 1 is 1.57 bits per heavy atom. The third-order valence-electron chi connectivity index (χ3n) is 2.93. The molecule has 0 bridgehead atoms. The number of carbonyl (C=O) groups is 1. The molecular weight excluding hydrogens is 298 g/mol. The lowest BCUT2D eigenvalue weighted by molar-refractivity contribution is -0.139. The highest BCUT2D eigenvalue weighted by Gasteiger charge is 2.21. The van der Waals surface area contributed by atoms with Crippen LogP contribution in [0.3, 0.4) is 0 Å². The van der Waals surface area contributed by atoms with Gasteiger partial charge in [0, 0.05) is 26.4 Å². The molecule has 1 heterocycles. The van der Waals surface area contributed by atoms with Crippen molar-refractivity contribution in [3.63, 3.8) is 0 Å². The van der Waals surface area contributed by atoms with Crippen molar-refractivity contribution in [1.82, 2.24) is 14.3 Å². The van der Waals surface area contributed by atoms with Crippen molar-refractivity contribution in [3.8, 4) is 0 Å². The standard InChI is InChI=1S/C12H21N3O5S/c1-4-5-15-8-11(14-9(15)2)21(18,19)13-7-10(20-3)6-12(16)17/h8,10,13H,4-7H2,1-3H3,(H,16,17). The number of carboxylic acids is 1. The van der Waals surface area contributed by atoms with Crippen molar-refractivity contribution in [2.45, 2.75) is 44.4 Å². The number of hydrogen-bond donors (Lipinski definition) is 2. The first-order chi connectivity index (χ1) is 9.80. The zero-order valence-electron chi connectivity index (χ0n) is 12.4. The van der Waals surface area contributed by atoms with Gasteiger partial charge in [-0.05, 0) is 13.3 Å². The number of aliphatic carboxylic acids is 1. The summed E-state index contributed by atoms with van der Waals surface area (Å²) < 4.78 is 33.2. The summed E-state index contributed by atoms with van der Waals surface area (Å²) in [7, 11) is -2.44. The van der Waals surface area contributed by atoms with E-state index in [-0.39, 0.29) is 18.0 Å². The maximum Gasteiger partial charge on any atom is 0.306 e. The summed E-state index contributed by atoms with van der Waals surface area (Å²) in [5, 5.41) is 8.62. The third-order valence-corrected chi connectivity index (χ3v) is 4.22. The highest BCUT2D eigenvalue weighted by atomic mass is 32.2. The van der Waals surface area contributed by atoms with Gasteiger partial charge in [-0.3, -0.25) is 4.79 Å². The zero-order valence-corrected chi connectivity index (χ0v) is 13.2. The Labute approximate surface area is 124 Å². The molecule has 1 aromatic rings. The molecule has 0 aliphatic carbocycles. The molecule has 0 saturated carbocycles. The average molecular weight is 319 g/mol.